The van der Waals surface area contributed by atoms with E-state index in [1.165, 1.54) is 16.8 Å². The number of unbranched alkanes of at least 4 members (excludes halogenated alkanes) is 1. The second-order valence-electron chi connectivity index (χ2n) is 9.06. The van der Waals surface area contributed by atoms with Crippen LogP contribution in [0.5, 0.6) is 0 Å². The number of nitrogens with zero attached hydrogens (tertiary/aromatic N) is 4. The lowest BCUT2D eigenvalue weighted by Crippen LogP contribution is -2.53. The van der Waals surface area contributed by atoms with Crippen molar-refractivity contribution < 1.29 is 23.2 Å². The summed E-state index contributed by atoms with van der Waals surface area (Å²) in [7, 11) is 0. The first kappa shape index (κ1) is 25.7. The van der Waals surface area contributed by atoms with Crippen LogP contribution in [0, 0.1) is 11.2 Å². The molecule has 12 nitrogen and oxygen atoms in total. The average molecular weight is 489 g/mol. The Bertz CT molecular complexity index is 1230. The van der Waals surface area contributed by atoms with Gasteiger partial charge in [-0.25, -0.2) is 4.39 Å². The van der Waals surface area contributed by atoms with Gasteiger partial charge in [-0.3, -0.25) is 19.1 Å². The molecule has 2 aromatic heterocycles. The van der Waals surface area contributed by atoms with Crippen LogP contribution in [0.15, 0.2) is 22.6 Å². The summed E-state index contributed by atoms with van der Waals surface area (Å²) in [5, 5.41) is 17.1. The number of rotatable bonds is 10. The van der Waals surface area contributed by atoms with Crippen LogP contribution in [0.1, 0.15) is 60.7 Å². The highest BCUT2D eigenvalue weighted by atomic mass is 19.1. The van der Waals surface area contributed by atoms with Crippen molar-refractivity contribution in [3.8, 4) is 0 Å². The Labute approximate surface area is 200 Å². The molecule has 13 heteroatoms. The van der Waals surface area contributed by atoms with Gasteiger partial charge in [0.15, 0.2) is 5.69 Å². The van der Waals surface area contributed by atoms with Gasteiger partial charge in [-0.1, -0.05) is 32.9 Å². The fourth-order valence-electron chi connectivity index (χ4n) is 3.49. The second-order valence-corrected chi connectivity index (χ2v) is 9.06. The zero-order valence-electron chi connectivity index (χ0n) is 19.8. The van der Waals surface area contributed by atoms with E-state index in [0.717, 1.165) is 6.42 Å². The number of halogens is 1. The minimum Gasteiger partial charge on any atom is -0.415 e. The molecule has 0 aliphatic carbocycles. The number of hydrogen-bond donors (Lipinski definition) is 4. The van der Waals surface area contributed by atoms with Crippen molar-refractivity contribution in [1.29, 1.82) is 0 Å². The van der Waals surface area contributed by atoms with Crippen molar-refractivity contribution >= 4 is 28.6 Å². The molecule has 0 aliphatic heterocycles. The van der Waals surface area contributed by atoms with Crippen LogP contribution in [0.25, 0.3) is 10.9 Å². The fourth-order valence-corrected chi connectivity index (χ4v) is 3.49. The maximum Gasteiger partial charge on any atom is 0.306 e. The summed E-state index contributed by atoms with van der Waals surface area (Å²) >= 11 is 0. The van der Waals surface area contributed by atoms with E-state index in [2.05, 4.69) is 25.9 Å². The maximum absolute atomic E-state index is 14.6. The number of para-hydroxylation sites is 1. The van der Waals surface area contributed by atoms with E-state index in [9.17, 15) is 18.8 Å². The lowest BCUT2D eigenvalue weighted by atomic mass is 9.86. The summed E-state index contributed by atoms with van der Waals surface area (Å²) in [5.41, 5.74) is 10.2. The van der Waals surface area contributed by atoms with Crippen LogP contribution in [0.2, 0.25) is 0 Å². The van der Waals surface area contributed by atoms with Crippen LogP contribution >= 0.6 is 0 Å². The van der Waals surface area contributed by atoms with Gasteiger partial charge in [-0.05, 0) is 30.9 Å². The molecule has 0 saturated carbocycles. The quantitative estimate of drug-likeness (QED) is 0.303. The zero-order chi connectivity index (χ0) is 25.8. The number of nitrogens with two attached hydrogens (primary N) is 2. The summed E-state index contributed by atoms with van der Waals surface area (Å²) in [5.74, 6) is -2.94. The van der Waals surface area contributed by atoms with Crippen molar-refractivity contribution in [2.75, 3.05) is 6.54 Å². The molecule has 1 atom stereocenters. The van der Waals surface area contributed by atoms with Gasteiger partial charge in [0, 0.05) is 11.9 Å². The lowest BCUT2D eigenvalue weighted by molar-refractivity contribution is -0.125. The van der Waals surface area contributed by atoms with Gasteiger partial charge in [0.05, 0.1) is 6.54 Å². The predicted molar refractivity (Wildman–Crippen MR) is 123 cm³/mol. The normalized spacial score (nSPS) is 12.5. The molecular weight excluding hydrogens is 459 g/mol. The zero-order valence-corrected chi connectivity index (χ0v) is 19.8. The molecule has 6 N–H and O–H groups in total. The number of amides is 3. The maximum atomic E-state index is 14.6. The molecule has 2 heterocycles. The van der Waals surface area contributed by atoms with Crippen LogP contribution in [0.3, 0.4) is 0 Å². The van der Waals surface area contributed by atoms with E-state index < -0.39 is 35.0 Å². The molecule has 0 aliphatic rings. The van der Waals surface area contributed by atoms with Gasteiger partial charge in [-0.2, -0.15) is 5.10 Å². The first-order valence-corrected chi connectivity index (χ1v) is 11.1. The summed E-state index contributed by atoms with van der Waals surface area (Å²) in [6.07, 6.45) is 1.40. The van der Waals surface area contributed by atoms with Crippen LogP contribution in [-0.4, -0.2) is 50.3 Å². The van der Waals surface area contributed by atoms with Gasteiger partial charge in [-0.15, -0.1) is 10.2 Å². The summed E-state index contributed by atoms with van der Waals surface area (Å²) < 4.78 is 21.1. The smallest absolute Gasteiger partial charge is 0.306 e. The highest BCUT2D eigenvalue weighted by molar-refractivity contribution is 6.06. The number of benzene rings is 1. The van der Waals surface area contributed by atoms with Gasteiger partial charge in [0.2, 0.25) is 11.8 Å². The molecule has 3 aromatic rings. The monoisotopic (exact) mass is 488 g/mol. The Morgan fingerprint density at radius 2 is 1.94 bits per heavy atom. The van der Waals surface area contributed by atoms with Crippen molar-refractivity contribution in [2.45, 2.75) is 52.7 Å². The molecular formula is C22H29FN8O4. The molecule has 0 fully saturated rings. The second kappa shape index (κ2) is 10.6. The van der Waals surface area contributed by atoms with Crippen molar-refractivity contribution in [1.82, 2.24) is 30.6 Å². The first-order valence-electron chi connectivity index (χ1n) is 11.1. The molecule has 3 amide bonds. The standard InChI is InChI=1S/C22H29FN8O4/c1-22(2,3)17(20(34)26-11-14-28-29-21(35-14)18(25)32)27-19(33)15-12-7-6-8-13(23)16(12)31(30-15)10-5-4-9-24/h6-8,17H,4-5,9-11,24H2,1-3H3,(H2,25,32)(H,26,34)(H,27,33)/t17-/m1/s1. The number of hydrogen-bond acceptors (Lipinski definition) is 8. The molecule has 35 heavy (non-hydrogen) atoms. The highest BCUT2D eigenvalue weighted by Gasteiger charge is 2.34. The molecule has 0 unspecified atom stereocenters. The first-order chi connectivity index (χ1) is 16.5. The predicted octanol–water partition coefficient (Wildman–Crippen LogP) is 0.857. The SMILES string of the molecule is CC(C)(C)[C@H](NC(=O)c1nn(CCCCN)c2c(F)cccc12)C(=O)NCc1nnc(C(N)=O)o1. The molecule has 0 bridgehead atoms. The van der Waals surface area contributed by atoms with E-state index in [1.807, 2.05) is 0 Å². The third-order valence-electron chi connectivity index (χ3n) is 5.25. The topological polar surface area (TPSA) is 184 Å². The van der Waals surface area contributed by atoms with Gasteiger partial charge in [0.1, 0.15) is 17.4 Å². The van der Waals surface area contributed by atoms with Gasteiger partial charge >= 0.3 is 11.8 Å². The summed E-state index contributed by atoms with van der Waals surface area (Å²) in [6, 6.07) is 3.42. The highest BCUT2D eigenvalue weighted by Crippen LogP contribution is 2.24. The Kier molecular flexibility index (Phi) is 7.79. The van der Waals surface area contributed by atoms with Crippen LogP contribution in [0.4, 0.5) is 4.39 Å². The summed E-state index contributed by atoms with van der Waals surface area (Å²) in [4.78, 5) is 37.3. The molecule has 0 radical (unpaired) electrons. The number of carbonyl (C=O) groups is 3. The number of aromatic nitrogens is 4. The Hall–Kier alpha value is -3.87. The number of nitrogens with one attached hydrogen (secondary N) is 2. The van der Waals surface area contributed by atoms with Gasteiger partial charge in [0.25, 0.3) is 5.91 Å². The number of primary amides is 1. The lowest BCUT2D eigenvalue weighted by Gasteiger charge is -2.30. The minimum absolute atomic E-state index is 0.0114. The molecule has 0 spiro atoms. The van der Waals surface area contributed by atoms with Crippen molar-refractivity contribution in [3.05, 3.63) is 41.5 Å². The average Bonchev–Trinajstić information content (AvgIpc) is 3.41. The molecule has 188 valence electrons. The largest absolute Gasteiger partial charge is 0.415 e. The third-order valence-corrected chi connectivity index (χ3v) is 5.25. The Morgan fingerprint density at radius 1 is 1.20 bits per heavy atom. The molecule has 3 rings (SSSR count). The van der Waals surface area contributed by atoms with Crippen molar-refractivity contribution in [2.24, 2.45) is 16.9 Å². The van der Waals surface area contributed by atoms with Crippen LogP contribution in [-0.2, 0) is 17.9 Å². The number of fused-ring (bicyclic) bond motifs is 1. The van der Waals surface area contributed by atoms with E-state index in [1.54, 1.807) is 26.8 Å². The minimum atomic E-state index is -0.987. The molecule has 0 saturated heterocycles. The summed E-state index contributed by atoms with van der Waals surface area (Å²) in [6.45, 7) is 6.04. The number of carbonyl (C=O) groups excluding carboxylic acids is 3. The number of aryl methyl sites for hydroxylation is 1. The van der Waals surface area contributed by atoms with Crippen molar-refractivity contribution in [3.63, 3.8) is 0 Å². The fraction of sp³-hybridized carbons (Fsp3) is 0.455. The van der Waals surface area contributed by atoms with E-state index >= 15 is 0 Å². The van der Waals surface area contributed by atoms with E-state index in [0.29, 0.717) is 24.9 Å². The van der Waals surface area contributed by atoms with E-state index in [4.69, 9.17) is 15.9 Å². The Balaban J connectivity index is 1.81. The van der Waals surface area contributed by atoms with Crippen LogP contribution < -0.4 is 22.1 Å². The van der Waals surface area contributed by atoms with E-state index in [-0.39, 0.29) is 29.5 Å². The molecule has 1 aromatic carbocycles. The third kappa shape index (κ3) is 5.98. The Morgan fingerprint density at radius 3 is 2.57 bits per heavy atom. The van der Waals surface area contributed by atoms with Gasteiger partial charge < -0.3 is 26.5 Å².